The van der Waals surface area contributed by atoms with Crippen molar-refractivity contribution in [3.8, 4) is 0 Å². The number of rotatable bonds is 4. The summed E-state index contributed by atoms with van der Waals surface area (Å²) in [6.07, 6.45) is -0.780. The predicted molar refractivity (Wildman–Crippen MR) is 83.1 cm³/mol. The van der Waals surface area contributed by atoms with Gasteiger partial charge in [-0.05, 0) is 24.1 Å². The molecule has 0 aliphatic heterocycles. The first-order chi connectivity index (χ1) is 10.5. The number of ether oxygens (including phenoxy) is 1. The van der Waals surface area contributed by atoms with E-state index in [0.29, 0.717) is 10.6 Å². The van der Waals surface area contributed by atoms with Crippen molar-refractivity contribution < 1.29 is 14.5 Å². The number of nitrogens with zero attached hydrogens (tertiary/aromatic N) is 1. The molecule has 114 valence electrons. The Morgan fingerprint density at radius 1 is 1.27 bits per heavy atom. The fourth-order valence-electron chi connectivity index (χ4n) is 1.84. The Kier molecular flexibility index (Phi) is 4.95. The standard InChI is InChI=1S/C15H13ClN2O4/c1-10-12(16)7-8-13(18(20)21)14(10)17-15(19)22-9-11-5-3-2-4-6-11/h2-8H,9H2,1H3,(H,17,19). The first-order valence-corrected chi connectivity index (χ1v) is 6.78. The number of hydrogen-bond donors (Lipinski definition) is 1. The molecular formula is C15H13ClN2O4. The molecule has 0 bridgehead atoms. The first kappa shape index (κ1) is 15.8. The number of carbonyl (C=O) groups excluding carboxylic acids is 1. The van der Waals surface area contributed by atoms with Crippen LogP contribution in [0.15, 0.2) is 42.5 Å². The Labute approximate surface area is 131 Å². The summed E-state index contributed by atoms with van der Waals surface area (Å²) in [6.45, 7) is 1.65. The number of amides is 1. The third-order valence-corrected chi connectivity index (χ3v) is 3.42. The largest absolute Gasteiger partial charge is 0.444 e. The molecule has 1 amide bonds. The molecule has 0 saturated heterocycles. The van der Waals surface area contributed by atoms with Crippen LogP contribution >= 0.6 is 11.6 Å². The number of nitro benzene ring substituents is 1. The molecule has 0 atom stereocenters. The van der Waals surface area contributed by atoms with Crippen molar-refractivity contribution in [2.75, 3.05) is 5.32 Å². The Hall–Kier alpha value is -2.60. The maximum atomic E-state index is 11.8. The number of halogens is 1. The summed E-state index contributed by atoms with van der Waals surface area (Å²) in [4.78, 5) is 22.3. The molecule has 0 saturated carbocycles. The van der Waals surface area contributed by atoms with Crippen molar-refractivity contribution in [2.24, 2.45) is 0 Å². The van der Waals surface area contributed by atoms with Gasteiger partial charge in [0.25, 0.3) is 5.69 Å². The van der Waals surface area contributed by atoms with Gasteiger partial charge in [-0.15, -0.1) is 0 Å². The van der Waals surface area contributed by atoms with E-state index in [1.54, 1.807) is 19.1 Å². The van der Waals surface area contributed by atoms with Crippen LogP contribution in [0.5, 0.6) is 0 Å². The van der Waals surface area contributed by atoms with E-state index in [1.165, 1.54) is 12.1 Å². The highest BCUT2D eigenvalue weighted by Gasteiger charge is 2.20. The second kappa shape index (κ2) is 6.91. The Bertz CT molecular complexity index is 704. The number of benzene rings is 2. The molecule has 7 heteroatoms. The molecule has 22 heavy (non-hydrogen) atoms. The summed E-state index contributed by atoms with van der Waals surface area (Å²) in [6, 6.07) is 11.8. The van der Waals surface area contributed by atoms with Crippen LogP contribution < -0.4 is 5.32 Å². The molecule has 2 aromatic rings. The number of nitro groups is 1. The minimum absolute atomic E-state index is 0.0376. The fraction of sp³-hybridized carbons (Fsp3) is 0.133. The smallest absolute Gasteiger partial charge is 0.412 e. The van der Waals surface area contributed by atoms with Gasteiger partial charge in [-0.25, -0.2) is 4.79 Å². The number of hydrogen-bond acceptors (Lipinski definition) is 4. The maximum Gasteiger partial charge on any atom is 0.412 e. The van der Waals surface area contributed by atoms with Crippen LogP contribution in [0, 0.1) is 17.0 Å². The first-order valence-electron chi connectivity index (χ1n) is 6.40. The second-order valence-electron chi connectivity index (χ2n) is 4.51. The molecule has 0 unspecified atom stereocenters. The fourth-order valence-corrected chi connectivity index (χ4v) is 2.00. The Morgan fingerprint density at radius 3 is 2.59 bits per heavy atom. The van der Waals surface area contributed by atoms with Crippen LogP contribution in [-0.4, -0.2) is 11.0 Å². The highest BCUT2D eigenvalue weighted by atomic mass is 35.5. The van der Waals surface area contributed by atoms with E-state index in [-0.39, 0.29) is 18.0 Å². The molecule has 6 nitrogen and oxygen atoms in total. The molecule has 0 radical (unpaired) electrons. The lowest BCUT2D eigenvalue weighted by Gasteiger charge is -2.10. The van der Waals surface area contributed by atoms with Crippen LogP contribution in [0.25, 0.3) is 0 Å². The second-order valence-corrected chi connectivity index (χ2v) is 4.92. The van der Waals surface area contributed by atoms with Gasteiger partial charge in [0.2, 0.25) is 0 Å². The average Bonchev–Trinajstić information content (AvgIpc) is 2.50. The number of nitrogens with one attached hydrogen (secondary N) is 1. The lowest BCUT2D eigenvalue weighted by Crippen LogP contribution is -2.15. The molecule has 0 aliphatic rings. The molecule has 0 aliphatic carbocycles. The predicted octanol–water partition coefficient (Wildman–Crippen LogP) is 4.31. The normalized spacial score (nSPS) is 10.1. The molecule has 0 aromatic heterocycles. The van der Waals surface area contributed by atoms with Gasteiger partial charge in [0.05, 0.1) is 4.92 Å². The highest BCUT2D eigenvalue weighted by Crippen LogP contribution is 2.32. The van der Waals surface area contributed by atoms with Gasteiger partial charge in [-0.1, -0.05) is 41.9 Å². The van der Waals surface area contributed by atoms with E-state index in [2.05, 4.69) is 5.32 Å². The number of anilines is 1. The quantitative estimate of drug-likeness (QED) is 0.672. The minimum atomic E-state index is -0.780. The van der Waals surface area contributed by atoms with E-state index < -0.39 is 11.0 Å². The average molecular weight is 321 g/mol. The van der Waals surface area contributed by atoms with Crippen molar-refractivity contribution in [1.82, 2.24) is 0 Å². The van der Waals surface area contributed by atoms with Crippen LogP contribution in [0.1, 0.15) is 11.1 Å². The Balaban J connectivity index is 2.11. The summed E-state index contributed by atoms with van der Waals surface area (Å²) in [5.41, 5.74) is 1.02. The zero-order valence-corrected chi connectivity index (χ0v) is 12.5. The third-order valence-electron chi connectivity index (χ3n) is 3.01. The zero-order chi connectivity index (χ0) is 16.1. The molecule has 1 N–H and O–H groups in total. The van der Waals surface area contributed by atoms with Crippen LogP contribution in [0.2, 0.25) is 5.02 Å². The summed E-state index contributed by atoms with van der Waals surface area (Å²) in [5.74, 6) is 0. The SMILES string of the molecule is Cc1c(Cl)ccc([N+](=O)[O-])c1NC(=O)OCc1ccccc1. The van der Waals surface area contributed by atoms with Gasteiger partial charge >= 0.3 is 6.09 Å². The van der Waals surface area contributed by atoms with Gasteiger partial charge in [0, 0.05) is 11.1 Å². The van der Waals surface area contributed by atoms with E-state index in [0.717, 1.165) is 5.56 Å². The third kappa shape index (κ3) is 3.73. The van der Waals surface area contributed by atoms with Crippen molar-refractivity contribution >= 4 is 29.1 Å². The molecule has 0 fully saturated rings. The van der Waals surface area contributed by atoms with Gasteiger partial charge in [0.15, 0.2) is 0 Å². The van der Waals surface area contributed by atoms with E-state index >= 15 is 0 Å². The number of carbonyl (C=O) groups is 1. The van der Waals surface area contributed by atoms with Gasteiger partial charge in [-0.2, -0.15) is 0 Å². The van der Waals surface area contributed by atoms with Crippen LogP contribution in [0.3, 0.4) is 0 Å². The zero-order valence-electron chi connectivity index (χ0n) is 11.7. The molecular weight excluding hydrogens is 308 g/mol. The monoisotopic (exact) mass is 320 g/mol. The summed E-state index contributed by atoms with van der Waals surface area (Å²) >= 11 is 5.93. The van der Waals surface area contributed by atoms with Crippen molar-refractivity contribution in [3.05, 3.63) is 68.7 Å². The maximum absolute atomic E-state index is 11.8. The van der Waals surface area contributed by atoms with Gasteiger partial charge < -0.3 is 4.74 Å². The molecule has 0 heterocycles. The lowest BCUT2D eigenvalue weighted by atomic mass is 10.1. The Morgan fingerprint density at radius 2 is 1.95 bits per heavy atom. The van der Waals surface area contributed by atoms with Crippen LogP contribution in [0.4, 0.5) is 16.2 Å². The highest BCUT2D eigenvalue weighted by molar-refractivity contribution is 6.32. The lowest BCUT2D eigenvalue weighted by molar-refractivity contribution is -0.384. The molecule has 2 rings (SSSR count). The van der Waals surface area contributed by atoms with Gasteiger partial charge in [0.1, 0.15) is 12.3 Å². The minimum Gasteiger partial charge on any atom is -0.444 e. The van der Waals surface area contributed by atoms with Crippen molar-refractivity contribution in [1.29, 1.82) is 0 Å². The van der Waals surface area contributed by atoms with Crippen molar-refractivity contribution in [3.63, 3.8) is 0 Å². The topological polar surface area (TPSA) is 81.5 Å². The molecule has 0 spiro atoms. The molecule has 2 aromatic carbocycles. The van der Waals surface area contributed by atoms with E-state index in [4.69, 9.17) is 16.3 Å². The van der Waals surface area contributed by atoms with E-state index in [1.807, 2.05) is 18.2 Å². The van der Waals surface area contributed by atoms with Crippen LogP contribution in [-0.2, 0) is 11.3 Å². The summed E-state index contributed by atoms with van der Waals surface area (Å²) in [7, 11) is 0. The summed E-state index contributed by atoms with van der Waals surface area (Å²) in [5, 5.41) is 13.7. The summed E-state index contributed by atoms with van der Waals surface area (Å²) < 4.78 is 5.05. The van der Waals surface area contributed by atoms with Crippen molar-refractivity contribution in [2.45, 2.75) is 13.5 Å². The van der Waals surface area contributed by atoms with Gasteiger partial charge in [-0.3, -0.25) is 15.4 Å². The van der Waals surface area contributed by atoms with E-state index in [9.17, 15) is 14.9 Å².